The topological polar surface area (TPSA) is 24.9 Å². The minimum Gasteiger partial charge on any atom is -0.308 e. The Hall–Kier alpha value is -0.410. The fourth-order valence-corrected chi connectivity index (χ4v) is 3.56. The van der Waals surface area contributed by atoms with Gasteiger partial charge in [-0.2, -0.15) is 0 Å². The maximum Gasteiger partial charge on any atom is 0.0717 e. The second-order valence-electron chi connectivity index (χ2n) is 5.55. The summed E-state index contributed by atoms with van der Waals surface area (Å²) in [4.78, 5) is 4.63. The smallest absolute Gasteiger partial charge is 0.0717 e. The lowest BCUT2D eigenvalue weighted by Gasteiger charge is -2.27. The molecule has 1 aliphatic rings. The fourth-order valence-electron chi connectivity index (χ4n) is 3.06. The maximum atomic E-state index is 4.63. The molecule has 2 rings (SSSR count). The Morgan fingerprint density at radius 1 is 1.32 bits per heavy atom. The van der Waals surface area contributed by atoms with Gasteiger partial charge in [0.25, 0.3) is 0 Å². The molecule has 1 fully saturated rings. The molecule has 0 aliphatic heterocycles. The largest absolute Gasteiger partial charge is 0.308 e. The van der Waals surface area contributed by atoms with Gasteiger partial charge in [-0.05, 0) is 59.8 Å². The third kappa shape index (κ3) is 4.28. The number of hydrogen-bond acceptors (Lipinski definition) is 2. The van der Waals surface area contributed by atoms with E-state index in [1.807, 2.05) is 12.3 Å². The van der Waals surface area contributed by atoms with Crippen molar-refractivity contribution in [2.45, 2.75) is 57.9 Å². The van der Waals surface area contributed by atoms with Gasteiger partial charge in [-0.1, -0.05) is 32.6 Å². The molecule has 1 aromatic rings. The minimum absolute atomic E-state index is 0.411. The highest BCUT2D eigenvalue weighted by Gasteiger charge is 2.26. The van der Waals surface area contributed by atoms with Crippen LogP contribution in [0.1, 0.15) is 63.6 Å². The van der Waals surface area contributed by atoms with Crippen LogP contribution in [0.5, 0.6) is 0 Å². The van der Waals surface area contributed by atoms with Crippen LogP contribution in [0.2, 0.25) is 0 Å². The first-order valence-corrected chi connectivity index (χ1v) is 8.46. The molecule has 1 unspecified atom stereocenters. The second kappa shape index (κ2) is 8.01. The van der Waals surface area contributed by atoms with Crippen LogP contribution < -0.4 is 5.32 Å². The first kappa shape index (κ1) is 15.0. The van der Waals surface area contributed by atoms with E-state index in [-0.39, 0.29) is 0 Å². The lowest BCUT2D eigenvalue weighted by atomic mass is 9.89. The molecule has 1 aromatic heterocycles. The van der Waals surface area contributed by atoms with E-state index in [1.54, 1.807) is 0 Å². The standard InChI is InChI=1S/C16H25BrN2/c1-2-11-18-15(13-8-5-3-4-6-9-13)16-14(17)10-7-12-19-16/h7,10,12-13,15,18H,2-6,8-9,11H2,1H3. The van der Waals surface area contributed by atoms with Crippen LogP contribution >= 0.6 is 15.9 Å². The molecule has 0 saturated heterocycles. The highest BCUT2D eigenvalue weighted by Crippen LogP contribution is 2.35. The van der Waals surface area contributed by atoms with Gasteiger partial charge >= 0.3 is 0 Å². The fraction of sp³-hybridized carbons (Fsp3) is 0.688. The van der Waals surface area contributed by atoms with Gasteiger partial charge in [0.2, 0.25) is 0 Å². The average Bonchev–Trinajstić information content (AvgIpc) is 2.70. The molecule has 1 heterocycles. The number of rotatable bonds is 5. The predicted molar refractivity (Wildman–Crippen MR) is 84.2 cm³/mol. The molecular formula is C16H25BrN2. The lowest BCUT2D eigenvalue weighted by Crippen LogP contribution is -2.30. The summed E-state index contributed by atoms with van der Waals surface area (Å²) in [5, 5.41) is 3.73. The van der Waals surface area contributed by atoms with Crippen LogP contribution in [0.4, 0.5) is 0 Å². The number of nitrogens with zero attached hydrogens (tertiary/aromatic N) is 1. The molecule has 0 bridgehead atoms. The lowest BCUT2D eigenvalue weighted by molar-refractivity contribution is 0.319. The molecule has 1 saturated carbocycles. The molecule has 0 aromatic carbocycles. The van der Waals surface area contributed by atoms with E-state index in [4.69, 9.17) is 0 Å². The van der Waals surface area contributed by atoms with Crippen molar-refractivity contribution >= 4 is 15.9 Å². The van der Waals surface area contributed by atoms with Crippen molar-refractivity contribution in [3.63, 3.8) is 0 Å². The van der Waals surface area contributed by atoms with E-state index in [1.165, 1.54) is 50.6 Å². The first-order chi connectivity index (χ1) is 9.33. The van der Waals surface area contributed by atoms with Gasteiger partial charge in [0.1, 0.15) is 0 Å². The van der Waals surface area contributed by atoms with Gasteiger partial charge in [-0.25, -0.2) is 0 Å². The molecular weight excluding hydrogens is 300 g/mol. The Labute approximate surface area is 125 Å². The van der Waals surface area contributed by atoms with E-state index < -0.39 is 0 Å². The molecule has 0 spiro atoms. The summed E-state index contributed by atoms with van der Waals surface area (Å²) in [6.45, 7) is 3.30. The molecule has 1 aliphatic carbocycles. The van der Waals surface area contributed by atoms with Crippen molar-refractivity contribution in [3.05, 3.63) is 28.5 Å². The molecule has 3 heteroatoms. The summed E-state index contributed by atoms with van der Waals surface area (Å²) in [6, 6.07) is 4.52. The number of pyridine rings is 1. The zero-order valence-corrected chi connectivity index (χ0v) is 13.5. The third-order valence-corrected chi connectivity index (χ3v) is 4.74. The Morgan fingerprint density at radius 2 is 2.05 bits per heavy atom. The zero-order chi connectivity index (χ0) is 13.5. The normalized spacial score (nSPS) is 19.1. The van der Waals surface area contributed by atoms with Gasteiger partial charge in [0, 0.05) is 10.7 Å². The van der Waals surface area contributed by atoms with Crippen LogP contribution in [0.3, 0.4) is 0 Å². The van der Waals surface area contributed by atoms with Crippen LogP contribution in [0, 0.1) is 5.92 Å². The number of hydrogen-bond donors (Lipinski definition) is 1. The van der Waals surface area contributed by atoms with Crippen molar-refractivity contribution in [1.82, 2.24) is 10.3 Å². The Balaban J connectivity index is 2.16. The van der Waals surface area contributed by atoms with Crippen molar-refractivity contribution in [1.29, 1.82) is 0 Å². The van der Waals surface area contributed by atoms with Crippen molar-refractivity contribution < 1.29 is 0 Å². The predicted octanol–water partition coefficient (Wildman–Crippen LogP) is 4.86. The molecule has 1 atom stereocenters. The summed E-state index contributed by atoms with van der Waals surface area (Å²) in [7, 11) is 0. The van der Waals surface area contributed by atoms with Gasteiger partial charge in [-0.15, -0.1) is 0 Å². The van der Waals surface area contributed by atoms with Crippen LogP contribution in [-0.2, 0) is 0 Å². The van der Waals surface area contributed by atoms with Crippen LogP contribution in [0.25, 0.3) is 0 Å². The molecule has 19 heavy (non-hydrogen) atoms. The highest BCUT2D eigenvalue weighted by molar-refractivity contribution is 9.10. The third-order valence-electron chi connectivity index (χ3n) is 4.07. The SMILES string of the molecule is CCCNC(c1ncccc1Br)C1CCCCCC1. The molecule has 0 radical (unpaired) electrons. The molecule has 1 N–H and O–H groups in total. The Morgan fingerprint density at radius 3 is 2.68 bits per heavy atom. The van der Waals surface area contributed by atoms with Crippen molar-refractivity contribution in [2.24, 2.45) is 5.92 Å². The van der Waals surface area contributed by atoms with Gasteiger partial charge in [-0.3, -0.25) is 4.98 Å². The monoisotopic (exact) mass is 324 g/mol. The van der Waals surface area contributed by atoms with E-state index >= 15 is 0 Å². The molecule has 0 amide bonds. The second-order valence-corrected chi connectivity index (χ2v) is 6.41. The zero-order valence-electron chi connectivity index (χ0n) is 11.9. The van der Waals surface area contributed by atoms with Gasteiger partial charge in [0.05, 0.1) is 11.7 Å². The molecule has 106 valence electrons. The van der Waals surface area contributed by atoms with E-state index in [9.17, 15) is 0 Å². The number of nitrogens with one attached hydrogen (secondary N) is 1. The van der Waals surface area contributed by atoms with E-state index in [0.29, 0.717) is 6.04 Å². The van der Waals surface area contributed by atoms with Crippen LogP contribution in [-0.4, -0.2) is 11.5 Å². The van der Waals surface area contributed by atoms with Crippen molar-refractivity contribution in [2.75, 3.05) is 6.54 Å². The van der Waals surface area contributed by atoms with E-state index in [0.717, 1.165) is 16.9 Å². The van der Waals surface area contributed by atoms with Crippen LogP contribution in [0.15, 0.2) is 22.8 Å². The summed E-state index contributed by atoms with van der Waals surface area (Å²) < 4.78 is 1.15. The Bertz CT molecular complexity index is 373. The van der Waals surface area contributed by atoms with Gasteiger partial charge in [0.15, 0.2) is 0 Å². The summed E-state index contributed by atoms with van der Waals surface area (Å²) in [5.41, 5.74) is 1.20. The average molecular weight is 325 g/mol. The summed E-state index contributed by atoms with van der Waals surface area (Å²) in [6.07, 6.45) is 11.3. The maximum absolute atomic E-state index is 4.63. The summed E-state index contributed by atoms with van der Waals surface area (Å²) >= 11 is 3.67. The quantitative estimate of drug-likeness (QED) is 0.782. The first-order valence-electron chi connectivity index (χ1n) is 7.66. The minimum atomic E-state index is 0.411. The van der Waals surface area contributed by atoms with Gasteiger partial charge < -0.3 is 5.32 Å². The highest BCUT2D eigenvalue weighted by atomic mass is 79.9. The van der Waals surface area contributed by atoms with Crippen molar-refractivity contribution in [3.8, 4) is 0 Å². The number of halogens is 1. The Kier molecular flexibility index (Phi) is 6.32. The summed E-state index contributed by atoms with van der Waals surface area (Å²) in [5.74, 6) is 0.736. The number of aromatic nitrogens is 1. The molecule has 2 nitrogen and oxygen atoms in total. The van der Waals surface area contributed by atoms with E-state index in [2.05, 4.69) is 39.2 Å².